The topological polar surface area (TPSA) is 75.7 Å². The largest absolute Gasteiger partial charge is 0.494 e. The van der Waals surface area contributed by atoms with Gasteiger partial charge in [-0.2, -0.15) is 0 Å². The average Bonchev–Trinajstić information content (AvgIpc) is 2.79. The van der Waals surface area contributed by atoms with E-state index >= 15 is 0 Å². The molecule has 0 aliphatic heterocycles. The van der Waals surface area contributed by atoms with Crippen molar-refractivity contribution in [3.05, 3.63) is 88.4 Å². The lowest BCUT2D eigenvalue weighted by Crippen LogP contribution is -2.41. The summed E-state index contributed by atoms with van der Waals surface area (Å²) in [5.74, 6) is 0.228. The molecule has 33 heavy (non-hydrogen) atoms. The third-order valence-corrected chi connectivity index (χ3v) is 7.09. The van der Waals surface area contributed by atoms with Crippen LogP contribution in [0.5, 0.6) is 5.75 Å². The molecule has 0 radical (unpaired) electrons. The average molecular weight is 487 g/mol. The smallest absolute Gasteiger partial charge is 0.264 e. The number of benzene rings is 3. The van der Waals surface area contributed by atoms with Crippen LogP contribution in [-0.4, -0.2) is 27.5 Å². The quantitative estimate of drug-likeness (QED) is 0.468. The molecule has 3 aromatic carbocycles. The van der Waals surface area contributed by atoms with E-state index in [1.165, 1.54) is 12.1 Å². The molecule has 0 saturated carbocycles. The molecule has 1 amide bonds. The number of carbonyl (C=O) groups excluding carboxylic acids is 1. The van der Waals surface area contributed by atoms with Crippen molar-refractivity contribution in [3.8, 4) is 5.75 Å². The Morgan fingerprint density at radius 1 is 1.03 bits per heavy atom. The van der Waals surface area contributed by atoms with Gasteiger partial charge in [-0.15, -0.1) is 0 Å². The second-order valence-corrected chi connectivity index (χ2v) is 9.87. The van der Waals surface area contributed by atoms with Crippen molar-refractivity contribution >= 4 is 33.2 Å². The molecule has 0 atom stereocenters. The number of hydrogen-bond donors (Lipinski definition) is 1. The van der Waals surface area contributed by atoms with Gasteiger partial charge in [0.25, 0.3) is 10.0 Å². The molecule has 1 N–H and O–H groups in total. The van der Waals surface area contributed by atoms with Crippen molar-refractivity contribution in [2.45, 2.75) is 32.2 Å². The fourth-order valence-electron chi connectivity index (χ4n) is 3.31. The van der Waals surface area contributed by atoms with E-state index in [1.807, 2.05) is 38.1 Å². The summed E-state index contributed by atoms with van der Waals surface area (Å²) in [6.45, 7) is 5.86. The Labute approximate surface area is 200 Å². The number of hydrogen-bond acceptors (Lipinski definition) is 4. The van der Waals surface area contributed by atoms with Gasteiger partial charge in [-0.3, -0.25) is 9.10 Å². The Bertz CT molecular complexity index is 1230. The van der Waals surface area contributed by atoms with Gasteiger partial charge in [-0.25, -0.2) is 8.42 Å². The van der Waals surface area contributed by atoms with E-state index in [9.17, 15) is 13.2 Å². The number of para-hydroxylation sites is 1. The van der Waals surface area contributed by atoms with Gasteiger partial charge in [-0.1, -0.05) is 53.6 Å². The molecule has 0 bridgehead atoms. The van der Waals surface area contributed by atoms with Gasteiger partial charge >= 0.3 is 0 Å². The van der Waals surface area contributed by atoms with Crippen LogP contribution in [0.25, 0.3) is 0 Å². The molecule has 0 unspecified atom stereocenters. The number of halogens is 1. The molecular formula is C25H27ClN2O4S. The first-order valence-corrected chi connectivity index (χ1v) is 12.4. The molecular weight excluding hydrogens is 460 g/mol. The molecule has 6 nitrogen and oxygen atoms in total. The highest BCUT2D eigenvalue weighted by molar-refractivity contribution is 7.92. The molecule has 0 heterocycles. The molecule has 0 spiro atoms. The summed E-state index contributed by atoms with van der Waals surface area (Å²) in [6, 6.07) is 18.9. The van der Waals surface area contributed by atoms with E-state index in [2.05, 4.69) is 5.32 Å². The van der Waals surface area contributed by atoms with Crippen LogP contribution in [0, 0.1) is 13.8 Å². The molecule has 3 aromatic rings. The van der Waals surface area contributed by atoms with Gasteiger partial charge in [0.1, 0.15) is 12.3 Å². The number of amides is 1. The molecule has 0 aliphatic carbocycles. The van der Waals surface area contributed by atoms with Crippen LogP contribution in [0.4, 0.5) is 5.69 Å². The predicted molar refractivity (Wildman–Crippen MR) is 131 cm³/mol. The summed E-state index contributed by atoms with van der Waals surface area (Å²) in [7, 11) is -4.02. The lowest BCUT2D eigenvalue weighted by atomic mass is 10.2. The Kier molecular flexibility index (Phi) is 8.00. The van der Waals surface area contributed by atoms with Crippen LogP contribution in [0.1, 0.15) is 23.6 Å². The first-order valence-electron chi connectivity index (χ1n) is 10.6. The first-order chi connectivity index (χ1) is 15.7. The third kappa shape index (κ3) is 6.06. The second kappa shape index (κ2) is 10.7. The number of anilines is 1. The zero-order chi connectivity index (χ0) is 24.0. The standard InChI is InChI=1S/C25H27ClN2O4S/c1-4-32-24-8-6-5-7-20(24)16-27-25(29)17-28(23-15-21(26)12-11-19(23)3)33(30,31)22-13-9-18(2)10-14-22/h5-15H,4,16-17H2,1-3H3,(H,27,29). The van der Waals surface area contributed by atoms with Crippen LogP contribution < -0.4 is 14.4 Å². The van der Waals surface area contributed by atoms with E-state index in [4.69, 9.17) is 16.3 Å². The number of ether oxygens (including phenoxy) is 1. The minimum atomic E-state index is -4.02. The number of nitrogens with zero attached hydrogens (tertiary/aromatic N) is 1. The Morgan fingerprint density at radius 3 is 2.42 bits per heavy atom. The van der Waals surface area contributed by atoms with Gasteiger partial charge < -0.3 is 10.1 Å². The number of rotatable bonds is 9. The Hall–Kier alpha value is -3.03. The summed E-state index contributed by atoms with van der Waals surface area (Å²) < 4.78 is 33.8. The maximum atomic E-state index is 13.5. The number of sulfonamides is 1. The fourth-order valence-corrected chi connectivity index (χ4v) is 4.96. The molecule has 8 heteroatoms. The summed E-state index contributed by atoms with van der Waals surface area (Å²) in [4.78, 5) is 13.0. The summed E-state index contributed by atoms with van der Waals surface area (Å²) >= 11 is 6.17. The third-order valence-electron chi connectivity index (χ3n) is 5.08. The Morgan fingerprint density at radius 2 is 1.73 bits per heavy atom. The van der Waals surface area contributed by atoms with E-state index in [0.29, 0.717) is 28.6 Å². The number of carbonyl (C=O) groups is 1. The maximum Gasteiger partial charge on any atom is 0.264 e. The minimum absolute atomic E-state index is 0.0990. The number of aryl methyl sites for hydroxylation is 2. The lowest BCUT2D eigenvalue weighted by Gasteiger charge is -2.26. The van der Waals surface area contributed by atoms with Crippen molar-refractivity contribution in [2.75, 3.05) is 17.5 Å². The maximum absolute atomic E-state index is 13.5. The van der Waals surface area contributed by atoms with E-state index < -0.39 is 22.5 Å². The molecule has 174 valence electrons. The minimum Gasteiger partial charge on any atom is -0.494 e. The monoisotopic (exact) mass is 486 g/mol. The second-order valence-electron chi connectivity index (χ2n) is 7.57. The SMILES string of the molecule is CCOc1ccccc1CNC(=O)CN(c1cc(Cl)ccc1C)S(=O)(=O)c1ccc(C)cc1. The number of nitrogens with one attached hydrogen (secondary N) is 1. The highest BCUT2D eigenvalue weighted by Crippen LogP contribution is 2.29. The summed E-state index contributed by atoms with van der Waals surface area (Å²) in [6.07, 6.45) is 0. The highest BCUT2D eigenvalue weighted by atomic mass is 35.5. The summed E-state index contributed by atoms with van der Waals surface area (Å²) in [5.41, 5.74) is 2.78. The molecule has 3 rings (SSSR count). The highest BCUT2D eigenvalue weighted by Gasteiger charge is 2.28. The lowest BCUT2D eigenvalue weighted by molar-refractivity contribution is -0.119. The predicted octanol–water partition coefficient (Wildman–Crippen LogP) is 4.87. The van der Waals surface area contributed by atoms with Crippen molar-refractivity contribution in [2.24, 2.45) is 0 Å². The zero-order valence-corrected chi connectivity index (χ0v) is 20.4. The van der Waals surface area contributed by atoms with Crippen molar-refractivity contribution in [1.29, 1.82) is 0 Å². The normalized spacial score (nSPS) is 11.2. The molecule has 0 aromatic heterocycles. The van der Waals surface area contributed by atoms with Crippen LogP contribution in [-0.2, 0) is 21.4 Å². The van der Waals surface area contributed by atoms with Gasteiger partial charge in [-0.05, 0) is 56.7 Å². The van der Waals surface area contributed by atoms with Gasteiger partial charge in [0.05, 0.1) is 17.2 Å². The molecule has 0 saturated heterocycles. The van der Waals surface area contributed by atoms with Gasteiger partial charge in [0, 0.05) is 17.1 Å². The van der Waals surface area contributed by atoms with Gasteiger partial charge in [0.2, 0.25) is 5.91 Å². The fraction of sp³-hybridized carbons (Fsp3) is 0.240. The van der Waals surface area contributed by atoms with Gasteiger partial charge in [0.15, 0.2) is 0 Å². The zero-order valence-electron chi connectivity index (χ0n) is 18.8. The van der Waals surface area contributed by atoms with Crippen molar-refractivity contribution in [3.63, 3.8) is 0 Å². The van der Waals surface area contributed by atoms with Crippen LogP contribution in [0.15, 0.2) is 71.6 Å². The van der Waals surface area contributed by atoms with E-state index in [1.54, 1.807) is 37.3 Å². The van der Waals surface area contributed by atoms with Crippen molar-refractivity contribution in [1.82, 2.24) is 5.32 Å². The van der Waals surface area contributed by atoms with Crippen LogP contribution in [0.3, 0.4) is 0 Å². The Balaban J connectivity index is 1.89. The van der Waals surface area contributed by atoms with E-state index in [0.717, 1.165) is 15.4 Å². The molecule has 0 fully saturated rings. The molecule has 0 aliphatic rings. The van der Waals surface area contributed by atoms with E-state index in [-0.39, 0.29) is 11.4 Å². The first kappa shape index (κ1) is 24.6. The van der Waals surface area contributed by atoms with Crippen LogP contribution in [0.2, 0.25) is 5.02 Å². The summed E-state index contributed by atoms with van der Waals surface area (Å²) in [5, 5.41) is 3.19. The van der Waals surface area contributed by atoms with Crippen LogP contribution >= 0.6 is 11.6 Å². The van der Waals surface area contributed by atoms with Crippen molar-refractivity contribution < 1.29 is 17.9 Å².